The van der Waals surface area contributed by atoms with Crippen molar-refractivity contribution in [3.8, 4) is 11.1 Å². The molecule has 0 heterocycles. The summed E-state index contributed by atoms with van der Waals surface area (Å²) in [6.07, 6.45) is 0. The fourth-order valence-electron chi connectivity index (χ4n) is 2.04. The van der Waals surface area contributed by atoms with Gasteiger partial charge in [0.05, 0.1) is 0 Å². The normalized spacial score (nSPS) is 11.5. The summed E-state index contributed by atoms with van der Waals surface area (Å²) in [5, 5.41) is 0. The van der Waals surface area contributed by atoms with Crippen LogP contribution in [0.2, 0.25) is 0 Å². The first-order chi connectivity index (χ1) is 8.61. The van der Waals surface area contributed by atoms with E-state index in [9.17, 15) is 4.79 Å². The van der Waals surface area contributed by atoms with E-state index in [1.165, 1.54) is 0 Å². The number of carbonyl (C=O) groups is 1. The minimum atomic E-state index is -0.312. The van der Waals surface area contributed by atoms with Crippen LogP contribution in [0.15, 0.2) is 48.5 Å². The predicted molar refractivity (Wildman–Crippen MR) is 86.9 cm³/mol. The molecule has 0 amide bonds. The van der Waals surface area contributed by atoms with Crippen molar-refractivity contribution in [3.05, 3.63) is 66.6 Å². The van der Waals surface area contributed by atoms with Gasteiger partial charge in [0.2, 0.25) is 0 Å². The van der Waals surface area contributed by atoms with Crippen LogP contribution in [0.1, 0.15) is 15.9 Å². The van der Waals surface area contributed by atoms with E-state index >= 15 is 0 Å². The van der Waals surface area contributed by atoms with Gasteiger partial charge in [0.25, 0.3) is 0 Å². The summed E-state index contributed by atoms with van der Waals surface area (Å²) < 4.78 is 0. The van der Waals surface area contributed by atoms with Crippen molar-refractivity contribution < 1.29 is 4.79 Å². The maximum absolute atomic E-state index is 12.3. The van der Waals surface area contributed by atoms with Gasteiger partial charge >= 0.3 is 18.9 Å². The fraction of sp³-hybridized carbons (Fsp3) is 0.125. The predicted octanol–water partition coefficient (Wildman–Crippen LogP) is 3.27. The molecule has 2 aromatic carbocycles. The van der Waals surface area contributed by atoms with Gasteiger partial charge in [-0.25, -0.2) is 0 Å². The first kappa shape index (κ1) is 16.2. The summed E-state index contributed by atoms with van der Waals surface area (Å²) >= 11 is 0. The molecule has 0 N–H and O–H groups in total. The standard InChI is InChI=1S/C16H16OP.Li.H/c1-11-7-6-10-14(13-8-4-3-5-9-13)15(11)16(17)12(2)18;;/h3-10,12H,2,18H2,1H3;;. The molecular weight excluding hydrogens is 246 g/mol. The fourth-order valence-corrected chi connectivity index (χ4v) is 2.21. The van der Waals surface area contributed by atoms with Crippen LogP contribution < -0.4 is 0 Å². The molecule has 0 aliphatic carbocycles. The zero-order chi connectivity index (χ0) is 13.1. The van der Waals surface area contributed by atoms with E-state index < -0.39 is 0 Å². The van der Waals surface area contributed by atoms with Crippen molar-refractivity contribution in [2.45, 2.75) is 12.6 Å². The van der Waals surface area contributed by atoms with Crippen LogP contribution in [0.25, 0.3) is 11.1 Å². The Morgan fingerprint density at radius 3 is 2.32 bits per heavy atom. The summed E-state index contributed by atoms with van der Waals surface area (Å²) in [6, 6.07) is 15.9. The van der Waals surface area contributed by atoms with Gasteiger partial charge < -0.3 is 0 Å². The van der Waals surface area contributed by atoms with E-state index in [0.717, 1.165) is 22.3 Å². The molecule has 0 bridgehead atoms. The quantitative estimate of drug-likeness (QED) is 0.472. The Balaban J connectivity index is 0.00000180. The third kappa shape index (κ3) is 3.58. The topological polar surface area (TPSA) is 17.1 Å². The van der Waals surface area contributed by atoms with Crippen LogP contribution in [0.4, 0.5) is 0 Å². The second-order valence-corrected chi connectivity index (χ2v) is 5.14. The molecule has 1 radical (unpaired) electrons. The SMILES string of the molecule is [CH2]C(P)C(=O)c1c(C)cccc1-c1ccccc1.[LiH]. The number of carbonyl (C=O) groups excluding carboxylic acids is 1. The van der Waals surface area contributed by atoms with E-state index in [1.54, 1.807) is 0 Å². The Morgan fingerprint density at radius 1 is 1.11 bits per heavy atom. The molecule has 0 fully saturated rings. The first-order valence-electron chi connectivity index (χ1n) is 5.89. The molecule has 0 aromatic heterocycles. The Labute approximate surface area is 129 Å². The average Bonchev–Trinajstić information content (AvgIpc) is 2.38. The molecule has 0 saturated carbocycles. The second-order valence-electron chi connectivity index (χ2n) is 4.33. The van der Waals surface area contributed by atoms with Crippen LogP contribution >= 0.6 is 9.24 Å². The molecule has 2 rings (SSSR count). The Hall–Kier alpha value is -0.863. The van der Waals surface area contributed by atoms with Gasteiger partial charge in [0, 0.05) is 11.2 Å². The zero-order valence-corrected chi connectivity index (χ0v) is 11.5. The van der Waals surface area contributed by atoms with E-state index in [-0.39, 0.29) is 30.3 Å². The van der Waals surface area contributed by atoms with Gasteiger partial charge in [-0.05, 0) is 30.5 Å². The Bertz CT molecular complexity index is 564. The summed E-state index contributed by atoms with van der Waals surface area (Å²) in [5.74, 6) is 0.0666. The van der Waals surface area contributed by atoms with Gasteiger partial charge in [0.15, 0.2) is 5.78 Å². The summed E-state index contributed by atoms with van der Waals surface area (Å²) in [4.78, 5) is 12.3. The van der Waals surface area contributed by atoms with E-state index in [4.69, 9.17) is 0 Å². The number of benzene rings is 2. The molecule has 93 valence electrons. The third-order valence-electron chi connectivity index (χ3n) is 2.94. The molecule has 2 unspecified atom stereocenters. The van der Waals surface area contributed by atoms with E-state index in [2.05, 4.69) is 16.2 Å². The maximum atomic E-state index is 12.3. The molecular formula is C16H17LiOP. The number of ketones is 1. The monoisotopic (exact) mass is 263 g/mol. The van der Waals surface area contributed by atoms with Crippen LogP contribution in [-0.2, 0) is 0 Å². The molecule has 1 nitrogen and oxygen atoms in total. The molecule has 0 saturated heterocycles. The number of aryl methyl sites for hydroxylation is 1. The molecule has 19 heavy (non-hydrogen) atoms. The summed E-state index contributed by atoms with van der Waals surface area (Å²) in [6.45, 7) is 5.77. The van der Waals surface area contributed by atoms with Gasteiger partial charge in [-0.3, -0.25) is 4.79 Å². The summed E-state index contributed by atoms with van der Waals surface area (Å²) in [7, 11) is 2.47. The van der Waals surface area contributed by atoms with Crippen molar-refractivity contribution in [3.63, 3.8) is 0 Å². The van der Waals surface area contributed by atoms with Crippen molar-refractivity contribution in [1.82, 2.24) is 0 Å². The van der Waals surface area contributed by atoms with Gasteiger partial charge in [0.1, 0.15) is 0 Å². The van der Waals surface area contributed by atoms with Gasteiger partial charge in [-0.15, -0.1) is 9.24 Å². The Kier molecular flexibility index (Phi) is 6.02. The average molecular weight is 263 g/mol. The number of hydrogen-bond donors (Lipinski definition) is 0. The van der Waals surface area contributed by atoms with Crippen LogP contribution in [0, 0.1) is 13.8 Å². The number of hydrogen-bond acceptors (Lipinski definition) is 1. The van der Waals surface area contributed by atoms with E-state index in [0.29, 0.717) is 0 Å². The van der Waals surface area contributed by atoms with Crippen LogP contribution in [0.3, 0.4) is 0 Å². The van der Waals surface area contributed by atoms with Crippen molar-refractivity contribution in [2.24, 2.45) is 0 Å². The minimum absolute atomic E-state index is 0. The van der Waals surface area contributed by atoms with Crippen molar-refractivity contribution in [2.75, 3.05) is 0 Å². The van der Waals surface area contributed by atoms with Crippen LogP contribution in [0.5, 0.6) is 0 Å². The van der Waals surface area contributed by atoms with E-state index in [1.807, 2.05) is 55.5 Å². The molecule has 0 spiro atoms. The molecule has 3 heteroatoms. The van der Waals surface area contributed by atoms with Crippen LogP contribution in [-0.4, -0.2) is 30.3 Å². The first-order valence-corrected chi connectivity index (χ1v) is 6.56. The van der Waals surface area contributed by atoms with Gasteiger partial charge in [-0.2, -0.15) is 0 Å². The second kappa shape index (κ2) is 7.06. The molecule has 0 aliphatic heterocycles. The van der Waals surface area contributed by atoms with Crippen molar-refractivity contribution >= 4 is 33.9 Å². The third-order valence-corrected chi connectivity index (χ3v) is 3.24. The number of rotatable bonds is 3. The molecule has 0 aliphatic rings. The zero-order valence-electron chi connectivity index (χ0n) is 10.4. The van der Waals surface area contributed by atoms with Gasteiger partial charge in [-0.1, -0.05) is 48.5 Å². The van der Waals surface area contributed by atoms with Crippen molar-refractivity contribution in [1.29, 1.82) is 0 Å². The Morgan fingerprint density at radius 2 is 1.74 bits per heavy atom. The summed E-state index contributed by atoms with van der Waals surface area (Å²) in [5.41, 5.74) is 3.51. The molecule has 2 atom stereocenters. The number of Topliss-reactive ketones (excluding diaryl/α,β-unsaturated/α-hetero) is 1. The molecule has 2 aromatic rings.